The van der Waals surface area contributed by atoms with Gasteiger partial charge in [0.15, 0.2) is 11.5 Å². The standard InChI is InChI=1S/C24H35NO11/c1-7-10-31-22(28)32-12-15(6)19(20(25)21(26)27)16-8-9-17(35-23(29)33-13(2)3)18(11-16)36-24(30)34-14(4)5/h8-9,11,13-15,19-20H,7,10,12,25H2,1-6H3,(H,26,27)/t15?,19?,20-/m0/s1. The number of carbonyl (C=O) groups is 4. The van der Waals surface area contributed by atoms with Crippen LogP contribution in [0.25, 0.3) is 0 Å². The lowest BCUT2D eigenvalue weighted by Crippen LogP contribution is -2.40. The Morgan fingerprint density at radius 1 is 0.861 bits per heavy atom. The van der Waals surface area contributed by atoms with Crippen molar-refractivity contribution in [2.24, 2.45) is 11.7 Å². The smallest absolute Gasteiger partial charge is 0.480 e. The van der Waals surface area contributed by atoms with Gasteiger partial charge in [-0.3, -0.25) is 4.79 Å². The van der Waals surface area contributed by atoms with Gasteiger partial charge < -0.3 is 39.3 Å². The lowest BCUT2D eigenvalue weighted by Gasteiger charge is -2.28. The lowest BCUT2D eigenvalue weighted by atomic mass is 9.82. The highest BCUT2D eigenvalue weighted by atomic mass is 16.8. The van der Waals surface area contributed by atoms with Gasteiger partial charge in [-0.1, -0.05) is 19.9 Å². The Morgan fingerprint density at radius 3 is 1.92 bits per heavy atom. The first-order valence-corrected chi connectivity index (χ1v) is 11.5. The second-order valence-corrected chi connectivity index (χ2v) is 8.52. The van der Waals surface area contributed by atoms with Gasteiger partial charge in [-0.2, -0.15) is 0 Å². The first-order valence-electron chi connectivity index (χ1n) is 11.5. The van der Waals surface area contributed by atoms with Crippen LogP contribution in [0.5, 0.6) is 11.5 Å². The van der Waals surface area contributed by atoms with Crippen LogP contribution < -0.4 is 15.2 Å². The summed E-state index contributed by atoms with van der Waals surface area (Å²) in [5.41, 5.74) is 6.28. The Kier molecular flexibility index (Phi) is 12.5. The SMILES string of the molecule is CCCOC(=O)OCC(C)C(c1ccc(OC(=O)OC(C)C)c(OC(=O)OC(C)C)c1)[C@H](N)C(=O)O. The van der Waals surface area contributed by atoms with Gasteiger partial charge in [0.25, 0.3) is 0 Å². The number of hydrogen-bond donors (Lipinski definition) is 2. The van der Waals surface area contributed by atoms with Gasteiger partial charge in [0, 0.05) is 5.92 Å². The highest BCUT2D eigenvalue weighted by Gasteiger charge is 2.33. The molecule has 0 saturated heterocycles. The van der Waals surface area contributed by atoms with Crippen molar-refractivity contribution >= 4 is 24.4 Å². The summed E-state index contributed by atoms with van der Waals surface area (Å²) in [7, 11) is 0. The van der Waals surface area contributed by atoms with Crippen LogP contribution in [0.15, 0.2) is 18.2 Å². The largest absolute Gasteiger partial charge is 0.514 e. The zero-order valence-corrected chi connectivity index (χ0v) is 21.3. The molecule has 3 atom stereocenters. The minimum absolute atomic E-state index is 0.167. The molecule has 202 valence electrons. The first-order chi connectivity index (χ1) is 16.8. The molecule has 0 fully saturated rings. The van der Waals surface area contributed by atoms with E-state index in [2.05, 4.69) is 0 Å². The molecule has 0 spiro atoms. The van der Waals surface area contributed by atoms with Crippen molar-refractivity contribution in [1.29, 1.82) is 0 Å². The van der Waals surface area contributed by atoms with E-state index in [0.717, 1.165) is 0 Å². The van der Waals surface area contributed by atoms with Crippen LogP contribution in [0.2, 0.25) is 0 Å². The Bertz CT molecular complexity index is 900. The number of ether oxygens (including phenoxy) is 6. The van der Waals surface area contributed by atoms with E-state index in [-0.39, 0.29) is 24.7 Å². The highest BCUT2D eigenvalue weighted by Crippen LogP contribution is 2.36. The summed E-state index contributed by atoms with van der Waals surface area (Å²) >= 11 is 0. The van der Waals surface area contributed by atoms with Gasteiger partial charge in [0.1, 0.15) is 6.04 Å². The fourth-order valence-electron chi connectivity index (χ4n) is 3.08. The van der Waals surface area contributed by atoms with Crippen molar-refractivity contribution in [2.75, 3.05) is 13.2 Å². The maximum atomic E-state index is 12.2. The minimum atomic E-state index is -1.41. The van der Waals surface area contributed by atoms with E-state index >= 15 is 0 Å². The van der Waals surface area contributed by atoms with E-state index in [4.69, 9.17) is 34.2 Å². The number of benzene rings is 1. The molecule has 0 bridgehead atoms. The van der Waals surface area contributed by atoms with E-state index in [0.29, 0.717) is 12.0 Å². The van der Waals surface area contributed by atoms with Crippen LogP contribution >= 0.6 is 0 Å². The predicted octanol–water partition coefficient (Wildman–Crippen LogP) is 4.23. The quantitative estimate of drug-likeness (QED) is 0.232. The predicted molar refractivity (Wildman–Crippen MR) is 126 cm³/mol. The van der Waals surface area contributed by atoms with Gasteiger partial charge in [0.05, 0.1) is 25.4 Å². The molecule has 0 saturated carbocycles. The maximum Gasteiger partial charge on any atom is 0.514 e. The van der Waals surface area contributed by atoms with Gasteiger partial charge in [-0.05, 0) is 57.7 Å². The maximum absolute atomic E-state index is 12.2. The number of aliphatic carboxylic acids is 1. The van der Waals surface area contributed by atoms with E-state index < -0.39 is 54.5 Å². The summed E-state index contributed by atoms with van der Waals surface area (Å²) in [6.45, 7) is 9.93. The summed E-state index contributed by atoms with van der Waals surface area (Å²) in [5, 5.41) is 9.58. The van der Waals surface area contributed by atoms with Crippen molar-refractivity contribution in [3.63, 3.8) is 0 Å². The van der Waals surface area contributed by atoms with Crippen molar-refractivity contribution in [1.82, 2.24) is 0 Å². The number of hydrogen-bond acceptors (Lipinski definition) is 11. The topological polar surface area (TPSA) is 170 Å². The Labute approximate surface area is 209 Å². The molecule has 12 heteroatoms. The molecule has 1 aromatic carbocycles. The van der Waals surface area contributed by atoms with Gasteiger partial charge in [-0.25, -0.2) is 14.4 Å². The zero-order valence-electron chi connectivity index (χ0n) is 21.3. The molecule has 1 rings (SSSR count). The molecule has 0 aromatic heterocycles. The molecule has 1 aromatic rings. The van der Waals surface area contributed by atoms with E-state index in [9.17, 15) is 24.3 Å². The molecule has 0 amide bonds. The molecule has 3 N–H and O–H groups in total. The molecule has 0 aliphatic carbocycles. The minimum Gasteiger partial charge on any atom is -0.480 e. The van der Waals surface area contributed by atoms with Crippen LogP contribution in [0, 0.1) is 5.92 Å². The average Bonchev–Trinajstić information content (AvgIpc) is 2.76. The highest BCUT2D eigenvalue weighted by molar-refractivity contribution is 5.75. The molecular weight excluding hydrogens is 478 g/mol. The van der Waals surface area contributed by atoms with Crippen molar-refractivity contribution in [2.45, 2.75) is 72.1 Å². The van der Waals surface area contributed by atoms with E-state index in [1.165, 1.54) is 18.2 Å². The van der Waals surface area contributed by atoms with Crippen LogP contribution in [0.3, 0.4) is 0 Å². The molecule has 0 aliphatic rings. The fraction of sp³-hybridized carbons (Fsp3) is 0.583. The van der Waals surface area contributed by atoms with Gasteiger partial charge in [0.2, 0.25) is 0 Å². The second kappa shape index (κ2) is 14.8. The summed E-state index contributed by atoms with van der Waals surface area (Å²) in [6.07, 6.45) is -3.34. The second-order valence-electron chi connectivity index (χ2n) is 8.52. The van der Waals surface area contributed by atoms with Crippen molar-refractivity contribution in [3.05, 3.63) is 23.8 Å². The van der Waals surface area contributed by atoms with E-state index in [1.807, 2.05) is 6.92 Å². The Morgan fingerprint density at radius 2 is 1.42 bits per heavy atom. The van der Waals surface area contributed by atoms with Crippen molar-refractivity contribution in [3.8, 4) is 11.5 Å². The van der Waals surface area contributed by atoms with Crippen LogP contribution in [-0.4, -0.2) is 61.0 Å². The molecule has 2 unspecified atom stereocenters. The average molecular weight is 514 g/mol. The third-order valence-electron chi connectivity index (χ3n) is 4.58. The number of carboxylic acid groups (broad SMARTS) is 1. The number of carboxylic acids is 1. The van der Waals surface area contributed by atoms with Crippen LogP contribution in [0.1, 0.15) is 59.4 Å². The molecule has 0 radical (unpaired) electrons. The monoisotopic (exact) mass is 513 g/mol. The van der Waals surface area contributed by atoms with E-state index in [1.54, 1.807) is 34.6 Å². The zero-order chi connectivity index (χ0) is 27.4. The number of rotatable bonds is 12. The summed E-state index contributed by atoms with van der Waals surface area (Å²) in [5.74, 6) is -3.19. The Balaban J connectivity index is 3.32. The van der Waals surface area contributed by atoms with Crippen LogP contribution in [0.4, 0.5) is 14.4 Å². The third-order valence-corrected chi connectivity index (χ3v) is 4.58. The van der Waals surface area contributed by atoms with Crippen LogP contribution in [-0.2, 0) is 23.7 Å². The summed E-state index contributed by atoms with van der Waals surface area (Å²) < 4.78 is 30.3. The number of nitrogens with two attached hydrogens (primary N) is 1. The molecular formula is C24H35NO11. The summed E-state index contributed by atoms with van der Waals surface area (Å²) in [6, 6.07) is 2.65. The van der Waals surface area contributed by atoms with Gasteiger partial charge >= 0.3 is 24.4 Å². The summed E-state index contributed by atoms with van der Waals surface area (Å²) in [4.78, 5) is 47.6. The normalized spacial score (nSPS) is 13.4. The molecule has 12 nitrogen and oxygen atoms in total. The van der Waals surface area contributed by atoms with Gasteiger partial charge in [-0.15, -0.1) is 0 Å². The molecule has 36 heavy (non-hydrogen) atoms. The molecule has 0 heterocycles. The third kappa shape index (κ3) is 10.4. The first kappa shape index (κ1) is 30.5. The fourth-order valence-corrected chi connectivity index (χ4v) is 3.08. The lowest BCUT2D eigenvalue weighted by molar-refractivity contribution is -0.139. The van der Waals surface area contributed by atoms with Crippen molar-refractivity contribution < 1.29 is 52.7 Å². The Hall–Kier alpha value is -3.54. The number of carbonyl (C=O) groups excluding carboxylic acids is 3. The molecule has 0 aliphatic heterocycles.